The lowest BCUT2D eigenvalue weighted by molar-refractivity contribution is 0.0687. The van der Waals surface area contributed by atoms with E-state index < -0.39 is 10.0 Å². The van der Waals surface area contributed by atoms with Gasteiger partial charge in [-0.15, -0.1) is 11.3 Å². The third-order valence-electron chi connectivity index (χ3n) is 4.79. The van der Waals surface area contributed by atoms with Crippen LogP contribution in [0.15, 0.2) is 57.3 Å². The summed E-state index contributed by atoms with van der Waals surface area (Å²) in [6.07, 6.45) is 0. The molecule has 0 N–H and O–H groups in total. The Morgan fingerprint density at radius 2 is 1.90 bits per heavy atom. The predicted octanol–water partition coefficient (Wildman–Crippen LogP) is 2.95. The number of hydrogen-bond acceptors (Lipinski definition) is 7. The Bertz CT molecular complexity index is 1100. The fourth-order valence-corrected chi connectivity index (χ4v) is 5.32. The van der Waals surface area contributed by atoms with E-state index in [9.17, 15) is 13.2 Å². The zero-order valence-electron chi connectivity index (χ0n) is 16.4. The molecule has 0 atom stereocenters. The van der Waals surface area contributed by atoms with Crippen LogP contribution in [0.25, 0.3) is 10.6 Å². The molecule has 0 radical (unpaired) electrons. The van der Waals surface area contributed by atoms with Crippen LogP contribution in [-0.4, -0.2) is 61.5 Å². The Hall–Kier alpha value is -2.69. The second kappa shape index (κ2) is 8.58. The number of carbonyl (C=O) groups is 1. The number of carbonyl (C=O) groups excluding carboxylic acids is 1. The molecule has 1 aliphatic heterocycles. The molecule has 0 bridgehead atoms. The van der Waals surface area contributed by atoms with Gasteiger partial charge in [0.1, 0.15) is 5.75 Å². The third-order valence-corrected chi connectivity index (χ3v) is 7.59. The number of ether oxygens (including phenoxy) is 1. The molecule has 0 spiro atoms. The van der Waals surface area contributed by atoms with Gasteiger partial charge in [0.2, 0.25) is 10.0 Å². The summed E-state index contributed by atoms with van der Waals surface area (Å²) in [6.45, 7) is 3.40. The second-order valence-electron chi connectivity index (χ2n) is 6.65. The average molecular weight is 448 g/mol. The van der Waals surface area contributed by atoms with E-state index in [1.165, 1.54) is 15.6 Å². The molecule has 0 unspecified atom stereocenters. The SMILES string of the molecule is CCOc1ccc(S(=O)(=O)N2CCN(C(=O)c3cc(-c4cccs4)on3)CC2)cc1. The molecule has 3 heterocycles. The van der Waals surface area contributed by atoms with E-state index in [-0.39, 0.29) is 42.7 Å². The minimum Gasteiger partial charge on any atom is -0.494 e. The normalized spacial score (nSPS) is 15.3. The minimum absolute atomic E-state index is 0.211. The number of aromatic nitrogens is 1. The number of hydrogen-bond donors (Lipinski definition) is 0. The molecule has 1 amide bonds. The zero-order valence-corrected chi connectivity index (χ0v) is 18.0. The quantitative estimate of drug-likeness (QED) is 0.577. The summed E-state index contributed by atoms with van der Waals surface area (Å²) >= 11 is 1.50. The summed E-state index contributed by atoms with van der Waals surface area (Å²) in [4.78, 5) is 15.4. The van der Waals surface area contributed by atoms with Crippen molar-refractivity contribution >= 4 is 27.3 Å². The van der Waals surface area contributed by atoms with Crippen molar-refractivity contribution in [3.8, 4) is 16.4 Å². The van der Waals surface area contributed by atoms with Gasteiger partial charge in [-0.2, -0.15) is 4.31 Å². The number of sulfonamides is 1. The van der Waals surface area contributed by atoms with E-state index >= 15 is 0 Å². The van der Waals surface area contributed by atoms with Gasteiger partial charge in [-0.25, -0.2) is 8.42 Å². The van der Waals surface area contributed by atoms with Gasteiger partial charge in [-0.3, -0.25) is 4.79 Å². The highest BCUT2D eigenvalue weighted by molar-refractivity contribution is 7.89. The highest BCUT2D eigenvalue weighted by atomic mass is 32.2. The Morgan fingerprint density at radius 3 is 2.53 bits per heavy atom. The van der Waals surface area contributed by atoms with Gasteiger partial charge in [0, 0.05) is 32.2 Å². The van der Waals surface area contributed by atoms with E-state index in [0.717, 1.165) is 4.88 Å². The van der Waals surface area contributed by atoms with Crippen LogP contribution in [0.4, 0.5) is 0 Å². The van der Waals surface area contributed by atoms with E-state index in [2.05, 4.69) is 5.16 Å². The lowest BCUT2D eigenvalue weighted by Crippen LogP contribution is -2.50. The highest BCUT2D eigenvalue weighted by Crippen LogP contribution is 2.26. The van der Waals surface area contributed by atoms with Gasteiger partial charge in [-0.05, 0) is 42.6 Å². The molecule has 30 heavy (non-hydrogen) atoms. The van der Waals surface area contributed by atoms with Gasteiger partial charge >= 0.3 is 0 Å². The minimum atomic E-state index is -3.63. The van der Waals surface area contributed by atoms with E-state index in [4.69, 9.17) is 9.26 Å². The predicted molar refractivity (Wildman–Crippen MR) is 112 cm³/mol. The molecule has 1 fully saturated rings. The summed E-state index contributed by atoms with van der Waals surface area (Å²) in [6, 6.07) is 11.8. The van der Waals surface area contributed by atoms with Gasteiger partial charge in [-0.1, -0.05) is 11.2 Å². The number of thiophene rings is 1. The lowest BCUT2D eigenvalue weighted by atomic mass is 10.2. The topological polar surface area (TPSA) is 93.0 Å². The Kier molecular flexibility index (Phi) is 5.89. The molecule has 3 aromatic rings. The molecule has 0 saturated carbocycles. The summed E-state index contributed by atoms with van der Waals surface area (Å²) in [5.41, 5.74) is 0.223. The number of benzene rings is 1. The van der Waals surface area contributed by atoms with Crippen molar-refractivity contribution in [3.05, 3.63) is 53.5 Å². The molecule has 1 aromatic carbocycles. The molecule has 4 rings (SSSR count). The zero-order chi connectivity index (χ0) is 21.1. The van der Waals surface area contributed by atoms with Crippen molar-refractivity contribution in [2.75, 3.05) is 32.8 Å². The van der Waals surface area contributed by atoms with Crippen LogP contribution in [-0.2, 0) is 10.0 Å². The first-order chi connectivity index (χ1) is 14.5. The van der Waals surface area contributed by atoms with Gasteiger partial charge in [0.15, 0.2) is 11.5 Å². The first-order valence-electron chi connectivity index (χ1n) is 9.52. The van der Waals surface area contributed by atoms with Crippen molar-refractivity contribution in [1.29, 1.82) is 0 Å². The molecule has 8 nitrogen and oxygen atoms in total. The summed E-state index contributed by atoms with van der Waals surface area (Å²) in [5, 5.41) is 5.80. The second-order valence-corrected chi connectivity index (χ2v) is 9.54. The number of nitrogens with zero attached hydrogens (tertiary/aromatic N) is 3. The van der Waals surface area contributed by atoms with E-state index in [1.807, 2.05) is 24.4 Å². The van der Waals surface area contributed by atoms with Gasteiger partial charge < -0.3 is 14.2 Å². The maximum Gasteiger partial charge on any atom is 0.276 e. The van der Waals surface area contributed by atoms with Crippen LogP contribution in [0, 0.1) is 0 Å². The summed E-state index contributed by atoms with van der Waals surface area (Å²) < 4.78 is 37.8. The van der Waals surface area contributed by atoms with E-state index in [0.29, 0.717) is 18.1 Å². The number of amides is 1. The van der Waals surface area contributed by atoms with Crippen LogP contribution in [0.2, 0.25) is 0 Å². The first-order valence-corrected chi connectivity index (χ1v) is 11.8. The molecule has 158 valence electrons. The third kappa shape index (κ3) is 4.11. The number of piperazine rings is 1. The van der Waals surface area contributed by atoms with Crippen LogP contribution < -0.4 is 4.74 Å². The van der Waals surface area contributed by atoms with Gasteiger partial charge in [0.25, 0.3) is 5.91 Å². The van der Waals surface area contributed by atoms with Gasteiger partial charge in [0.05, 0.1) is 16.4 Å². The summed E-state index contributed by atoms with van der Waals surface area (Å²) in [5.74, 6) is 0.908. The maximum atomic E-state index is 12.9. The van der Waals surface area contributed by atoms with Crippen molar-refractivity contribution in [1.82, 2.24) is 14.4 Å². The molecule has 10 heteroatoms. The highest BCUT2D eigenvalue weighted by Gasteiger charge is 2.31. The van der Waals surface area contributed by atoms with Crippen molar-refractivity contribution in [2.24, 2.45) is 0 Å². The fraction of sp³-hybridized carbons (Fsp3) is 0.300. The Labute approximate surface area is 178 Å². The molecule has 0 aliphatic carbocycles. The lowest BCUT2D eigenvalue weighted by Gasteiger charge is -2.33. The van der Waals surface area contributed by atoms with Crippen molar-refractivity contribution < 1.29 is 22.5 Å². The smallest absolute Gasteiger partial charge is 0.276 e. The van der Waals surface area contributed by atoms with Crippen LogP contribution in [0.5, 0.6) is 5.75 Å². The first kappa shape index (κ1) is 20.6. The molecule has 1 aliphatic rings. The van der Waals surface area contributed by atoms with Crippen molar-refractivity contribution in [3.63, 3.8) is 0 Å². The fourth-order valence-electron chi connectivity index (χ4n) is 3.23. The molecule has 2 aromatic heterocycles. The van der Waals surface area contributed by atoms with Crippen LogP contribution in [0.3, 0.4) is 0 Å². The Morgan fingerprint density at radius 1 is 1.17 bits per heavy atom. The standard InChI is InChI=1S/C20H21N3O5S2/c1-2-27-15-5-7-16(8-6-15)30(25,26)23-11-9-22(10-12-23)20(24)17-14-18(28-21-17)19-4-3-13-29-19/h3-8,13-14H,2,9-12H2,1H3. The maximum absolute atomic E-state index is 12.9. The largest absolute Gasteiger partial charge is 0.494 e. The molecular formula is C20H21N3O5S2. The monoisotopic (exact) mass is 447 g/mol. The van der Waals surface area contributed by atoms with E-state index in [1.54, 1.807) is 35.2 Å². The molecular weight excluding hydrogens is 426 g/mol. The Balaban J connectivity index is 1.40. The average Bonchev–Trinajstić information content (AvgIpc) is 3.46. The van der Waals surface area contributed by atoms with Crippen LogP contribution in [0.1, 0.15) is 17.4 Å². The molecule has 1 saturated heterocycles. The summed E-state index contributed by atoms with van der Waals surface area (Å²) in [7, 11) is -3.63. The van der Waals surface area contributed by atoms with Crippen molar-refractivity contribution in [2.45, 2.75) is 11.8 Å². The number of rotatable bonds is 6. The van der Waals surface area contributed by atoms with Crippen LogP contribution >= 0.6 is 11.3 Å².